The average Bonchev–Trinajstić information content (AvgIpc) is 3.19. The lowest BCUT2D eigenvalue weighted by molar-refractivity contribution is -0.111. The molecule has 0 saturated heterocycles. The predicted molar refractivity (Wildman–Crippen MR) is 83.8 cm³/mol. The van der Waals surface area contributed by atoms with Gasteiger partial charge in [-0.05, 0) is 36.4 Å². The number of hydrogen-bond acceptors (Lipinski definition) is 4. The number of rotatable bonds is 4. The molecule has 0 aliphatic carbocycles. The van der Waals surface area contributed by atoms with Gasteiger partial charge in [0.25, 0.3) is 0 Å². The van der Waals surface area contributed by atoms with Crippen LogP contribution < -0.4 is 5.32 Å². The molecule has 23 heavy (non-hydrogen) atoms. The van der Waals surface area contributed by atoms with E-state index in [1.54, 1.807) is 17.5 Å². The number of amides is 1. The van der Waals surface area contributed by atoms with Crippen LogP contribution in [0.1, 0.15) is 5.76 Å². The van der Waals surface area contributed by atoms with Gasteiger partial charge < -0.3 is 4.42 Å². The van der Waals surface area contributed by atoms with Gasteiger partial charge in [-0.3, -0.25) is 10.1 Å². The van der Waals surface area contributed by atoms with Crippen molar-refractivity contribution in [2.45, 2.75) is 0 Å². The average molecular weight is 332 g/mol. The Morgan fingerprint density at radius 2 is 2.13 bits per heavy atom. The van der Waals surface area contributed by atoms with Crippen LogP contribution in [0, 0.1) is 11.6 Å². The maximum absolute atomic E-state index is 13.2. The molecule has 1 N–H and O–H groups in total. The van der Waals surface area contributed by atoms with Crippen molar-refractivity contribution in [1.29, 1.82) is 0 Å². The summed E-state index contributed by atoms with van der Waals surface area (Å²) < 4.78 is 31.2. The van der Waals surface area contributed by atoms with E-state index in [4.69, 9.17) is 4.42 Å². The Kier molecular flexibility index (Phi) is 4.29. The lowest BCUT2D eigenvalue weighted by atomic mass is 10.2. The molecule has 0 fully saturated rings. The third kappa shape index (κ3) is 3.70. The van der Waals surface area contributed by atoms with Gasteiger partial charge in [-0.1, -0.05) is 0 Å². The molecule has 2 aromatic heterocycles. The third-order valence-corrected chi connectivity index (χ3v) is 3.65. The van der Waals surface area contributed by atoms with E-state index in [0.29, 0.717) is 22.1 Å². The number of nitrogens with zero attached hydrogens (tertiary/aromatic N) is 1. The number of carbonyl (C=O) groups excluding carboxylic acids is 1. The highest BCUT2D eigenvalue weighted by Gasteiger charge is 2.09. The van der Waals surface area contributed by atoms with Gasteiger partial charge in [0.05, 0.1) is 12.0 Å². The molecule has 0 spiro atoms. The van der Waals surface area contributed by atoms with Gasteiger partial charge in [-0.25, -0.2) is 13.8 Å². The fourth-order valence-corrected chi connectivity index (χ4v) is 2.53. The Morgan fingerprint density at radius 1 is 1.26 bits per heavy atom. The zero-order valence-corrected chi connectivity index (χ0v) is 12.4. The lowest BCUT2D eigenvalue weighted by Gasteiger charge is -1.98. The first-order valence-corrected chi connectivity index (χ1v) is 7.43. The summed E-state index contributed by atoms with van der Waals surface area (Å²) in [6, 6.07) is 6.96. The molecule has 0 saturated carbocycles. The van der Waals surface area contributed by atoms with Crippen molar-refractivity contribution in [3.8, 4) is 11.3 Å². The first-order chi connectivity index (χ1) is 11.1. The van der Waals surface area contributed by atoms with Gasteiger partial charge in [0.15, 0.2) is 16.8 Å². The van der Waals surface area contributed by atoms with E-state index in [0.717, 1.165) is 12.1 Å². The summed E-state index contributed by atoms with van der Waals surface area (Å²) in [5, 5.41) is 4.60. The summed E-state index contributed by atoms with van der Waals surface area (Å²) in [5.41, 5.74) is 0.894. The molecular weight excluding hydrogens is 322 g/mol. The molecule has 0 bridgehead atoms. The second kappa shape index (κ2) is 6.53. The van der Waals surface area contributed by atoms with Gasteiger partial charge in [0.2, 0.25) is 5.91 Å². The van der Waals surface area contributed by atoms with Gasteiger partial charge in [-0.2, -0.15) is 0 Å². The number of hydrogen-bond donors (Lipinski definition) is 1. The lowest BCUT2D eigenvalue weighted by Crippen LogP contribution is -2.07. The van der Waals surface area contributed by atoms with Crippen LogP contribution in [0.3, 0.4) is 0 Å². The van der Waals surface area contributed by atoms with Crippen molar-refractivity contribution in [1.82, 2.24) is 4.98 Å². The third-order valence-electron chi connectivity index (χ3n) is 2.89. The van der Waals surface area contributed by atoms with Crippen molar-refractivity contribution in [3.05, 3.63) is 65.4 Å². The van der Waals surface area contributed by atoms with E-state index in [2.05, 4.69) is 10.3 Å². The van der Waals surface area contributed by atoms with E-state index in [9.17, 15) is 13.6 Å². The van der Waals surface area contributed by atoms with Crippen LogP contribution in [0.5, 0.6) is 0 Å². The fourth-order valence-electron chi connectivity index (χ4n) is 1.81. The number of carbonyl (C=O) groups is 1. The highest BCUT2D eigenvalue weighted by molar-refractivity contribution is 7.14. The number of benzene rings is 1. The first-order valence-electron chi connectivity index (χ1n) is 6.55. The van der Waals surface area contributed by atoms with Crippen LogP contribution in [-0.2, 0) is 4.79 Å². The maximum Gasteiger partial charge on any atom is 0.250 e. The predicted octanol–water partition coefficient (Wildman–Crippen LogP) is 4.33. The molecule has 2 heterocycles. The Labute approximate surface area is 134 Å². The summed E-state index contributed by atoms with van der Waals surface area (Å²) in [4.78, 5) is 15.9. The SMILES string of the molecule is O=C(/C=C/c1ccco1)Nc1nc(-c2ccc(F)c(F)c2)cs1. The summed E-state index contributed by atoms with van der Waals surface area (Å²) in [5.74, 6) is -1.67. The van der Waals surface area contributed by atoms with Crippen LogP contribution in [0.15, 0.2) is 52.5 Å². The Balaban J connectivity index is 1.69. The van der Waals surface area contributed by atoms with Crippen molar-refractivity contribution < 1.29 is 18.0 Å². The van der Waals surface area contributed by atoms with Crippen molar-refractivity contribution in [2.24, 2.45) is 0 Å². The quantitative estimate of drug-likeness (QED) is 0.723. The number of aromatic nitrogens is 1. The molecule has 3 aromatic rings. The van der Waals surface area contributed by atoms with E-state index >= 15 is 0 Å². The van der Waals surface area contributed by atoms with Gasteiger partial charge in [0.1, 0.15) is 5.76 Å². The topological polar surface area (TPSA) is 55.1 Å². The van der Waals surface area contributed by atoms with E-state index in [1.165, 1.54) is 35.8 Å². The van der Waals surface area contributed by atoms with E-state index in [-0.39, 0.29) is 5.91 Å². The highest BCUT2D eigenvalue weighted by atomic mass is 32.1. The second-order valence-corrected chi connectivity index (χ2v) is 5.36. The Morgan fingerprint density at radius 3 is 2.87 bits per heavy atom. The molecule has 116 valence electrons. The minimum absolute atomic E-state index is 0.360. The molecule has 0 unspecified atom stereocenters. The Bertz CT molecular complexity index is 857. The summed E-state index contributed by atoms with van der Waals surface area (Å²) in [6.07, 6.45) is 4.35. The van der Waals surface area contributed by atoms with Crippen LogP contribution in [0.2, 0.25) is 0 Å². The second-order valence-electron chi connectivity index (χ2n) is 4.50. The molecule has 0 radical (unpaired) electrons. The molecule has 0 aliphatic heterocycles. The molecule has 3 rings (SSSR count). The van der Waals surface area contributed by atoms with E-state index < -0.39 is 11.6 Å². The van der Waals surface area contributed by atoms with Crippen molar-refractivity contribution >= 4 is 28.5 Å². The number of nitrogens with one attached hydrogen (secondary N) is 1. The molecule has 0 atom stereocenters. The van der Waals surface area contributed by atoms with Gasteiger partial charge in [0, 0.05) is 17.0 Å². The van der Waals surface area contributed by atoms with Crippen LogP contribution in [-0.4, -0.2) is 10.9 Å². The minimum atomic E-state index is -0.942. The largest absolute Gasteiger partial charge is 0.465 e. The van der Waals surface area contributed by atoms with Gasteiger partial charge in [-0.15, -0.1) is 11.3 Å². The molecule has 4 nitrogen and oxygen atoms in total. The van der Waals surface area contributed by atoms with Crippen LogP contribution in [0.25, 0.3) is 17.3 Å². The zero-order chi connectivity index (χ0) is 16.2. The molecule has 0 aliphatic rings. The zero-order valence-electron chi connectivity index (χ0n) is 11.6. The number of furan rings is 1. The fraction of sp³-hybridized carbons (Fsp3) is 0. The summed E-state index contributed by atoms with van der Waals surface area (Å²) >= 11 is 1.19. The van der Waals surface area contributed by atoms with Gasteiger partial charge >= 0.3 is 0 Å². The first kappa shape index (κ1) is 15.1. The number of thiazole rings is 1. The van der Waals surface area contributed by atoms with Crippen LogP contribution >= 0.6 is 11.3 Å². The summed E-state index contributed by atoms with van der Waals surface area (Å²) in [7, 11) is 0. The van der Waals surface area contributed by atoms with Crippen molar-refractivity contribution in [3.63, 3.8) is 0 Å². The normalized spacial score (nSPS) is 11.0. The minimum Gasteiger partial charge on any atom is -0.465 e. The van der Waals surface area contributed by atoms with Crippen LogP contribution in [0.4, 0.5) is 13.9 Å². The Hall–Kier alpha value is -2.80. The maximum atomic E-state index is 13.2. The number of anilines is 1. The standard InChI is InChI=1S/C16H10F2N2O2S/c17-12-5-3-10(8-13(12)18)14-9-23-16(19-14)20-15(21)6-4-11-2-1-7-22-11/h1-9H,(H,19,20,21)/b6-4+. The smallest absolute Gasteiger partial charge is 0.250 e. The monoisotopic (exact) mass is 332 g/mol. The van der Waals surface area contributed by atoms with E-state index in [1.807, 2.05) is 0 Å². The van der Waals surface area contributed by atoms with Crippen molar-refractivity contribution in [2.75, 3.05) is 5.32 Å². The molecule has 1 amide bonds. The molecule has 7 heteroatoms. The molecule has 1 aromatic carbocycles. The molecular formula is C16H10F2N2O2S. The summed E-state index contributed by atoms with van der Waals surface area (Å²) in [6.45, 7) is 0. The number of halogens is 2. The highest BCUT2D eigenvalue weighted by Crippen LogP contribution is 2.26.